The molecule has 2 aromatic heterocycles. The molecule has 3 aromatic rings. The van der Waals surface area contributed by atoms with Crippen molar-refractivity contribution in [2.24, 2.45) is 11.6 Å². The predicted molar refractivity (Wildman–Crippen MR) is 150 cm³/mol. The average Bonchev–Trinajstić information content (AvgIpc) is 3.91. The van der Waals surface area contributed by atoms with Gasteiger partial charge in [0.2, 0.25) is 0 Å². The molecule has 2 aliphatic rings. The SMILES string of the molecule is N/C(=C\N(N)CC(F)CCn1cc(C(=O)NCc2cc(C3CC3)ccn2)nn1)C(=O)NCc1cccc(C2CC2)c1. The Hall–Kier alpha value is -4.32. The first-order valence-corrected chi connectivity index (χ1v) is 14.0. The highest BCUT2D eigenvalue weighted by atomic mass is 19.1. The van der Waals surface area contributed by atoms with Crippen LogP contribution in [0.25, 0.3) is 0 Å². The monoisotopic (exact) mass is 561 g/mol. The Balaban J connectivity index is 1.02. The zero-order chi connectivity index (χ0) is 28.8. The summed E-state index contributed by atoms with van der Waals surface area (Å²) < 4.78 is 16.0. The standard InChI is InChI=1S/C29H36FN9O2/c30-24(16-38(32)17-26(31)28(40)34-14-19-2-1-3-22(12-19)20-4-5-20)9-11-39-18-27(36-37-39)29(41)35-15-25-13-23(8-10-33-25)21-6-7-21/h1-3,8,10,12-13,17-18,20-21,24H,4-7,9,11,14-16,31-32H2,(H,34,40)(H,35,41)/b26-17-. The van der Waals surface area contributed by atoms with E-state index in [4.69, 9.17) is 11.6 Å². The van der Waals surface area contributed by atoms with E-state index in [2.05, 4.69) is 38.1 Å². The third-order valence-electron chi connectivity index (χ3n) is 7.19. The minimum atomic E-state index is -1.33. The number of hydrogen-bond acceptors (Lipinski definition) is 8. The van der Waals surface area contributed by atoms with E-state index < -0.39 is 12.1 Å². The van der Waals surface area contributed by atoms with Crippen molar-refractivity contribution in [1.29, 1.82) is 0 Å². The van der Waals surface area contributed by atoms with E-state index in [1.807, 2.05) is 24.3 Å². The summed E-state index contributed by atoms with van der Waals surface area (Å²) in [4.78, 5) is 29.2. The van der Waals surface area contributed by atoms with E-state index >= 15 is 0 Å². The molecule has 41 heavy (non-hydrogen) atoms. The van der Waals surface area contributed by atoms with Crippen molar-refractivity contribution in [2.45, 2.75) is 69.7 Å². The number of rotatable bonds is 14. The van der Waals surface area contributed by atoms with Gasteiger partial charge < -0.3 is 21.4 Å². The highest BCUT2D eigenvalue weighted by molar-refractivity contribution is 5.92. The van der Waals surface area contributed by atoms with Gasteiger partial charge in [-0.05, 0) is 66.3 Å². The first kappa shape index (κ1) is 28.2. The Morgan fingerprint density at radius 3 is 2.61 bits per heavy atom. The number of hydrazine groups is 1. The quantitative estimate of drug-likeness (QED) is 0.133. The Morgan fingerprint density at radius 1 is 1.10 bits per heavy atom. The fourth-order valence-electron chi connectivity index (χ4n) is 4.58. The molecule has 2 fully saturated rings. The maximum absolute atomic E-state index is 14.6. The van der Waals surface area contributed by atoms with Gasteiger partial charge in [0.25, 0.3) is 11.8 Å². The van der Waals surface area contributed by atoms with Crippen LogP contribution >= 0.6 is 0 Å². The van der Waals surface area contributed by atoms with E-state index in [0.717, 1.165) is 16.3 Å². The Bertz CT molecular complexity index is 1400. The van der Waals surface area contributed by atoms with Gasteiger partial charge >= 0.3 is 0 Å². The Labute approximate surface area is 238 Å². The average molecular weight is 562 g/mol. The molecule has 0 radical (unpaired) electrons. The van der Waals surface area contributed by atoms with Crippen LogP contribution in [0.4, 0.5) is 4.39 Å². The van der Waals surface area contributed by atoms with Gasteiger partial charge in [-0.2, -0.15) is 0 Å². The number of aromatic nitrogens is 4. The van der Waals surface area contributed by atoms with Crippen LogP contribution in [0.3, 0.4) is 0 Å². The second-order valence-corrected chi connectivity index (χ2v) is 10.8. The van der Waals surface area contributed by atoms with Gasteiger partial charge in [0, 0.05) is 31.9 Å². The van der Waals surface area contributed by atoms with Crippen LogP contribution in [0.1, 0.15) is 76.8 Å². The molecule has 12 heteroatoms. The second-order valence-electron chi connectivity index (χ2n) is 10.8. The van der Waals surface area contributed by atoms with E-state index in [1.54, 1.807) is 6.20 Å². The van der Waals surface area contributed by atoms with Gasteiger partial charge in [-0.3, -0.25) is 19.3 Å². The van der Waals surface area contributed by atoms with Crippen LogP contribution in [-0.4, -0.2) is 49.5 Å². The molecule has 2 heterocycles. The Morgan fingerprint density at radius 2 is 1.85 bits per heavy atom. The molecule has 0 bridgehead atoms. The first-order valence-electron chi connectivity index (χ1n) is 14.0. The Kier molecular flexibility index (Phi) is 8.88. The van der Waals surface area contributed by atoms with Crippen molar-refractivity contribution in [3.8, 4) is 0 Å². The van der Waals surface area contributed by atoms with Crippen LogP contribution in [0.15, 0.2) is 60.7 Å². The number of nitrogens with one attached hydrogen (secondary N) is 2. The smallest absolute Gasteiger partial charge is 0.273 e. The highest BCUT2D eigenvalue weighted by Gasteiger charge is 2.24. The van der Waals surface area contributed by atoms with Gasteiger partial charge in [-0.15, -0.1) is 5.10 Å². The largest absolute Gasteiger partial charge is 0.393 e. The number of benzene rings is 1. The lowest BCUT2D eigenvalue weighted by Crippen LogP contribution is -2.36. The molecular formula is C29H36FN9O2. The molecule has 1 atom stereocenters. The molecule has 11 nitrogen and oxygen atoms in total. The molecule has 216 valence electrons. The number of alkyl halides is 1. The van der Waals surface area contributed by atoms with Crippen LogP contribution in [0.5, 0.6) is 0 Å². The zero-order valence-corrected chi connectivity index (χ0v) is 22.9. The minimum Gasteiger partial charge on any atom is -0.393 e. The maximum Gasteiger partial charge on any atom is 0.273 e. The van der Waals surface area contributed by atoms with Gasteiger partial charge in [-0.25, -0.2) is 10.2 Å². The molecule has 6 N–H and O–H groups in total. The maximum atomic E-state index is 14.6. The molecule has 0 spiro atoms. The van der Waals surface area contributed by atoms with E-state index in [-0.39, 0.29) is 43.4 Å². The summed E-state index contributed by atoms with van der Waals surface area (Å²) in [6, 6.07) is 12.2. The molecule has 1 unspecified atom stereocenters. The first-order chi connectivity index (χ1) is 19.8. The zero-order valence-electron chi connectivity index (χ0n) is 22.9. The van der Waals surface area contributed by atoms with Gasteiger partial charge in [0.15, 0.2) is 5.69 Å². The van der Waals surface area contributed by atoms with Crippen LogP contribution < -0.4 is 22.2 Å². The number of nitrogens with two attached hydrogens (primary N) is 2. The number of pyridine rings is 1. The topological polar surface area (TPSA) is 157 Å². The summed E-state index contributed by atoms with van der Waals surface area (Å²) in [6.07, 6.45) is 8.00. The van der Waals surface area contributed by atoms with Crippen LogP contribution in [0, 0.1) is 0 Å². The number of amides is 2. The summed E-state index contributed by atoms with van der Waals surface area (Å²) in [6.45, 7) is 0.645. The summed E-state index contributed by atoms with van der Waals surface area (Å²) in [5, 5.41) is 14.4. The second kappa shape index (κ2) is 12.9. The van der Waals surface area contributed by atoms with E-state index in [9.17, 15) is 14.0 Å². The van der Waals surface area contributed by atoms with Gasteiger partial charge in [0.1, 0.15) is 11.9 Å². The lowest BCUT2D eigenvalue weighted by molar-refractivity contribution is -0.117. The minimum absolute atomic E-state index is 0.0767. The molecule has 0 aliphatic heterocycles. The third-order valence-corrected chi connectivity index (χ3v) is 7.19. The fourth-order valence-corrected chi connectivity index (χ4v) is 4.58. The summed E-state index contributed by atoms with van der Waals surface area (Å²) >= 11 is 0. The normalized spacial score (nSPS) is 15.8. The molecule has 5 rings (SSSR count). The molecule has 0 saturated heterocycles. The predicted octanol–water partition coefficient (Wildman–Crippen LogP) is 2.38. The number of hydrogen-bond donors (Lipinski definition) is 4. The number of carbonyl (C=O) groups excluding carboxylic acids is 2. The fraction of sp³-hybridized carbons (Fsp3) is 0.414. The van der Waals surface area contributed by atoms with Crippen LogP contribution in [0.2, 0.25) is 0 Å². The third kappa shape index (κ3) is 8.34. The number of halogens is 1. The van der Waals surface area contributed by atoms with E-state index in [1.165, 1.54) is 53.9 Å². The lowest BCUT2D eigenvalue weighted by Gasteiger charge is -2.17. The van der Waals surface area contributed by atoms with E-state index in [0.29, 0.717) is 18.4 Å². The van der Waals surface area contributed by atoms with Gasteiger partial charge in [-0.1, -0.05) is 29.5 Å². The number of carbonyl (C=O) groups is 2. The van der Waals surface area contributed by atoms with Crippen molar-refractivity contribution in [2.75, 3.05) is 6.54 Å². The summed E-state index contributed by atoms with van der Waals surface area (Å²) in [7, 11) is 0. The molecule has 2 saturated carbocycles. The van der Waals surface area contributed by atoms with Crippen LogP contribution in [-0.2, 0) is 24.4 Å². The van der Waals surface area contributed by atoms with Crippen molar-refractivity contribution in [3.05, 3.63) is 88.8 Å². The summed E-state index contributed by atoms with van der Waals surface area (Å²) in [5.41, 5.74) is 10.2. The van der Waals surface area contributed by atoms with Crippen molar-refractivity contribution >= 4 is 11.8 Å². The summed E-state index contributed by atoms with van der Waals surface area (Å²) in [5.74, 6) is 6.24. The van der Waals surface area contributed by atoms with Crippen molar-refractivity contribution < 1.29 is 14.0 Å². The number of nitrogens with zero attached hydrogens (tertiary/aromatic N) is 5. The van der Waals surface area contributed by atoms with Crippen molar-refractivity contribution in [3.63, 3.8) is 0 Å². The molecule has 2 aliphatic carbocycles. The molecular weight excluding hydrogens is 525 g/mol. The van der Waals surface area contributed by atoms with Gasteiger partial charge in [0.05, 0.1) is 25.0 Å². The molecule has 2 amide bonds. The number of aryl methyl sites for hydroxylation is 1. The van der Waals surface area contributed by atoms with Crippen molar-refractivity contribution in [1.82, 2.24) is 35.6 Å². The highest BCUT2D eigenvalue weighted by Crippen LogP contribution is 2.40. The molecule has 1 aromatic carbocycles. The lowest BCUT2D eigenvalue weighted by atomic mass is 10.1.